The van der Waals surface area contributed by atoms with E-state index in [4.69, 9.17) is 10.6 Å². The third kappa shape index (κ3) is 4.81. The first-order valence-electron chi connectivity index (χ1n) is 6.02. The second-order valence-corrected chi connectivity index (χ2v) is 4.47. The van der Waals surface area contributed by atoms with Gasteiger partial charge in [-0.25, -0.2) is 10.8 Å². The average Bonchev–Trinajstić information content (AvgIpc) is 2.31. The maximum Gasteiger partial charge on any atom is 0.206 e. The third-order valence-electron chi connectivity index (χ3n) is 3.06. The van der Waals surface area contributed by atoms with Crippen LogP contribution in [0, 0.1) is 5.92 Å². The van der Waals surface area contributed by atoms with Crippen molar-refractivity contribution in [3.05, 3.63) is 0 Å². The minimum Gasteiger partial charge on any atom is -0.383 e. The molecule has 5 heteroatoms. The Labute approximate surface area is 97.8 Å². The van der Waals surface area contributed by atoms with E-state index < -0.39 is 0 Å². The van der Waals surface area contributed by atoms with E-state index in [9.17, 15) is 0 Å². The number of hydrazine groups is 1. The van der Waals surface area contributed by atoms with Gasteiger partial charge in [-0.3, -0.25) is 5.43 Å². The van der Waals surface area contributed by atoms with Gasteiger partial charge in [0.2, 0.25) is 5.96 Å². The van der Waals surface area contributed by atoms with E-state index in [0.717, 1.165) is 5.92 Å². The lowest BCUT2D eigenvalue weighted by Gasteiger charge is -2.27. The molecule has 0 aromatic carbocycles. The number of ether oxygens (including phenoxy) is 1. The van der Waals surface area contributed by atoms with E-state index in [1.807, 2.05) is 0 Å². The smallest absolute Gasteiger partial charge is 0.206 e. The molecule has 1 aliphatic carbocycles. The van der Waals surface area contributed by atoms with Crippen LogP contribution in [0.5, 0.6) is 0 Å². The number of hydrogen-bond donors (Lipinski definition) is 3. The molecular weight excluding hydrogens is 204 g/mol. The SMILES string of the molecule is COCCN=C(NN)NC1CCC(C)CC1. The summed E-state index contributed by atoms with van der Waals surface area (Å²) >= 11 is 0. The summed E-state index contributed by atoms with van der Waals surface area (Å²) in [5.41, 5.74) is 2.60. The van der Waals surface area contributed by atoms with Gasteiger partial charge in [0.05, 0.1) is 13.2 Å². The van der Waals surface area contributed by atoms with Gasteiger partial charge >= 0.3 is 0 Å². The van der Waals surface area contributed by atoms with Gasteiger partial charge in [0, 0.05) is 13.2 Å². The molecule has 5 nitrogen and oxygen atoms in total. The van der Waals surface area contributed by atoms with Crippen LogP contribution in [0.3, 0.4) is 0 Å². The summed E-state index contributed by atoms with van der Waals surface area (Å²) in [6.45, 7) is 3.56. The fourth-order valence-electron chi connectivity index (χ4n) is 1.98. The normalized spacial score (nSPS) is 26.6. The number of nitrogens with two attached hydrogens (primary N) is 1. The van der Waals surface area contributed by atoms with Crippen molar-refractivity contribution in [3.63, 3.8) is 0 Å². The molecule has 0 amide bonds. The predicted octanol–water partition coefficient (Wildman–Crippen LogP) is 0.620. The molecule has 0 aromatic rings. The molecule has 0 aliphatic heterocycles. The summed E-state index contributed by atoms with van der Waals surface area (Å²) in [6.07, 6.45) is 4.97. The zero-order chi connectivity index (χ0) is 11.8. The largest absolute Gasteiger partial charge is 0.383 e. The van der Waals surface area contributed by atoms with E-state index in [-0.39, 0.29) is 0 Å². The summed E-state index contributed by atoms with van der Waals surface area (Å²) < 4.78 is 4.94. The average molecular weight is 228 g/mol. The molecule has 0 bridgehead atoms. The van der Waals surface area contributed by atoms with Gasteiger partial charge < -0.3 is 10.1 Å². The Kier molecular flexibility index (Phi) is 6.18. The van der Waals surface area contributed by atoms with Gasteiger partial charge in [-0.15, -0.1) is 0 Å². The lowest BCUT2D eigenvalue weighted by atomic mass is 9.87. The van der Waals surface area contributed by atoms with Crippen molar-refractivity contribution in [3.8, 4) is 0 Å². The molecule has 4 N–H and O–H groups in total. The molecule has 0 saturated heterocycles. The zero-order valence-corrected chi connectivity index (χ0v) is 10.3. The van der Waals surface area contributed by atoms with Crippen LogP contribution in [0.25, 0.3) is 0 Å². The van der Waals surface area contributed by atoms with Crippen LogP contribution >= 0.6 is 0 Å². The molecule has 0 spiro atoms. The Bertz CT molecular complexity index is 212. The zero-order valence-electron chi connectivity index (χ0n) is 10.3. The number of methoxy groups -OCH3 is 1. The van der Waals surface area contributed by atoms with E-state index in [2.05, 4.69) is 22.7 Å². The van der Waals surface area contributed by atoms with Crippen LogP contribution in [0.15, 0.2) is 4.99 Å². The monoisotopic (exact) mass is 228 g/mol. The van der Waals surface area contributed by atoms with Gasteiger partial charge in [0.1, 0.15) is 0 Å². The van der Waals surface area contributed by atoms with Gasteiger partial charge in [-0.05, 0) is 31.6 Å². The second-order valence-electron chi connectivity index (χ2n) is 4.47. The molecule has 0 unspecified atom stereocenters. The van der Waals surface area contributed by atoms with Crippen molar-refractivity contribution in [2.45, 2.75) is 38.6 Å². The van der Waals surface area contributed by atoms with E-state index in [0.29, 0.717) is 25.2 Å². The topological polar surface area (TPSA) is 71.7 Å². The Balaban J connectivity index is 2.29. The number of guanidine groups is 1. The highest BCUT2D eigenvalue weighted by molar-refractivity contribution is 5.79. The van der Waals surface area contributed by atoms with Gasteiger partial charge in [-0.2, -0.15) is 0 Å². The molecule has 94 valence electrons. The molecule has 0 aromatic heterocycles. The fraction of sp³-hybridized carbons (Fsp3) is 0.909. The Morgan fingerprint density at radius 2 is 2.06 bits per heavy atom. The number of nitrogens with one attached hydrogen (secondary N) is 2. The fourth-order valence-corrected chi connectivity index (χ4v) is 1.98. The summed E-state index contributed by atoms with van der Waals surface area (Å²) in [7, 11) is 1.67. The van der Waals surface area contributed by atoms with Crippen molar-refractivity contribution < 1.29 is 4.74 Å². The standard InChI is InChI=1S/C11H24N4O/c1-9-3-5-10(6-4-9)14-11(15-12)13-7-8-16-2/h9-10H,3-8,12H2,1-2H3,(H2,13,14,15). The molecule has 1 saturated carbocycles. The van der Waals surface area contributed by atoms with Crippen LogP contribution in [-0.2, 0) is 4.74 Å². The molecular formula is C11H24N4O. The van der Waals surface area contributed by atoms with Crippen LogP contribution in [0.4, 0.5) is 0 Å². The highest BCUT2D eigenvalue weighted by Gasteiger charge is 2.18. The molecule has 1 fully saturated rings. The Morgan fingerprint density at radius 1 is 1.38 bits per heavy atom. The van der Waals surface area contributed by atoms with Crippen molar-refractivity contribution in [1.29, 1.82) is 0 Å². The van der Waals surface area contributed by atoms with Gasteiger partial charge in [-0.1, -0.05) is 6.92 Å². The predicted molar refractivity (Wildman–Crippen MR) is 66.1 cm³/mol. The van der Waals surface area contributed by atoms with Crippen molar-refractivity contribution in [2.75, 3.05) is 20.3 Å². The number of rotatable bonds is 4. The van der Waals surface area contributed by atoms with E-state index in [1.54, 1.807) is 7.11 Å². The van der Waals surface area contributed by atoms with Crippen molar-refractivity contribution in [1.82, 2.24) is 10.7 Å². The minimum atomic E-state index is 0.508. The van der Waals surface area contributed by atoms with Crippen LogP contribution in [-0.4, -0.2) is 32.3 Å². The molecule has 0 heterocycles. The van der Waals surface area contributed by atoms with Gasteiger partial charge in [0.25, 0.3) is 0 Å². The summed E-state index contributed by atoms with van der Waals surface area (Å²) in [5.74, 6) is 6.95. The second kappa shape index (κ2) is 7.46. The quantitative estimate of drug-likeness (QED) is 0.217. The first kappa shape index (κ1) is 13.3. The number of nitrogens with zero attached hydrogens (tertiary/aromatic N) is 1. The third-order valence-corrected chi connectivity index (χ3v) is 3.06. The molecule has 16 heavy (non-hydrogen) atoms. The highest BCUT2D eigenvalue weighted by Crippen LogP contribution is 2.23. The molecule has 1 aliphatic rings. The maximum absolute atomic E-state index is 5.42. The first-order valence-corrected chi connectivity index (χ1v) is 6.02. The van der Waals surface area contributed by atoms with Gasteiger partial charge in [0.15, 0.2) is 0 Å². The van der Waals surface area contributed by atoms with Crippen molar-refractivity contribution in [2.24, 2.45) is 16.8 Å². The Hall–Kier alpha value is -0.810. The lowest BCUT2D eigenvalue weighted by Crippen LogP contribution is -2.47. The van der Waals surface area contributed by atoms with Crippen molar-refractivity contribution >= 4 is 5.96 Å². The molecule has 0 radical (unpaired) electrons. The Morgan fingerprint density at radius 3 is 2.62 bits per heavy atom. The summed E-state index contributed by atoms with van der Waals surface area (Å²) in [4.78, 5) is 4.29. The van der Waals surface area contributed by atoms with E-state index >= 15 is 0 Å². The molecule has 0 atom stereocenters. The van der Waals surface area contributed by atoms with Crippen LogP contribution < -0.4 is 16.6 Å². The summed E-state index contributed by atoms with van der Waals surface area (Å²) in [5, 5.41) is 3.34. The first-order chi connectivity index (χ1) is 7.76. The van der Waals surface area contributed by atoms with Crippen LogP contribution in [0.1, 0.15) is 32.6 Å². The van der Waals surface area contributed by atoms with Crippen LogP contribution in [0.2, 0.25) is 0 Å². The summed E-state index contributed by atoms with van der Waals surface area (Å²) in [6, 6.07) is 0.508. The number of hydrogen-bond acceptors (Lipinski definition) is 3. The number of aliphatic imine (C=N–C) groups is 1. The highest BCUT2D eigenvalue weighted by atomic mass is 16.5. The minimum absolute atomic E-state index is 0.508. The lowest BCUT2D eigenvalue weighted by molar-refractivity contribution is 0.207. The molecule has 1 rings (SSSR count). The maximum atomic E-state index is 5.42. The van der Waals surface area contributed by atoms with E-state index in [1.165, 1.54) is 25.7 Å².